The molecule has 0 spiro atoms. The van der Waals surface area contributed by atoms with Gasteiger partial charge in [-0.25, -0.2) is 0 Å². The van der Waals surface area contributed by atoms with Crippen molar-refractivity contribution >= 4 is 38.9 Å². The lowest BCUT2D eigenvalue weighted by Gasteiger charge is -2.24. The van der Waals surface area contributed by atoms with Crippen molar-refractivity contribution in [3.8, 4) is 0 Å². The second kappa shape index (κ2) is 7.03. The fourth-order valence-corrected chi connectivity index (χ4v) is 3.48. The van der Waals surface area contributed by atoms with Crippen LogP contribution in [0.3, 0.4) is 0 Å². The predicted octanol–water partition coefficient (Wildman–Crippen LogP) is 6.46. The molecule has 3 aromatic carbocycles. The summed E-state index contributed by atoms with van der Waals surface area (Å²) >= 11 is 9.56. The molecule has 2 nitrogen and oxygen atoms in total. The second-order valence-electron chi connectivity index (χ2n) is 6.01. The van der Waals surface area contributed by atoms with Gasteiger partial charge < -0.3 is 0 Å². The number of hydrogen-bond acceptors (Lipinski definition) is 2. The molecule has 0 saturated heterocycles. The van der Waals surface area contributed by atoms with Crippen LogP contribution in [-0.2, 0) is 0 Å². The molecule has 0 radical (unpaired) electrons. The lowest BCUT2D eigenvalue weighted by Crippen LogP contribution is -2.18. The molecule has 0 unspecified atom stereocenters. The van der Waals surface area contributed by atoms with Gasteiger partial charge in [-0.15, -0.1) is 0 Å². The van der Waals surface area contributed by atoms with Gasteiger partial charge in [0.25, 0.3) is 0 Å². The van der Waals surface area contributed by atoms with Crippen LogP contribution in [0.15, 0.2) is 88.4 Å². The van der Waals surface area contributed by atoms with Crippen molar-refractivity contribution in [1.29, 1.82) is 0 Å². The smallest absolute Gasteiger partial charge is 0.0831 e. The summed E-state index contributed by atoms with van der Waals surface area (Å²) in [6.45, 7) is 0. The zero-order valence-corrected chi connectivity index (χ0v) is 15.8. The molecular formula is C21H16BrClN2. The molecule has 3 aromatic rings. The molecule has 0 fully saturated rings. The van der Waals surface area contributed by atoms with Crippen LogP contribution in [0, 0.1) is 0 Å². The molecule has 1 atom stereocenters. The fraction of sp³-hybridized carbons (Fsp3) is 0.0952. The van der Waals surface area contributed by atoms with E-state index in [2.05, 4.69) is 69.5 Å². The third-order valence-corrected chi connectivity index (χ3v) is 5.14. The Morgan fingerprint density at radius 3 is 2.24 bits per heavy atom. The Morgan fingerprint density at radius 2 is 1.56 bits per heavy atom. The number of anilines is 1. The van der Waals surface area contributed by atoms with Gasteiger partial charge in [0.15, 0.2) is 0 Å². The molecule has 4 rings (SSSR count). The number of hydrazone groups is 1. The average molecular weight is 412 g/mol. The minimum absolute atomic E-state index is 0.165. The van der Waals surface area contributed by atoms with Gasteiger partial charge in [-0.1, -0.05) is 70.0 Å². The van der Waals surface area contributed by atoms with Crippen LogP contribution in [-0.4, -0.2) is 5.71 Å². The Morgan fingerprint density at radius 1 is 0.880 bits per heavy atom. The van der Waals surface area contributed by atoms with E-state index in [9.17, 15) is 0 Å². The van der Waals surface area contributed by atoms with Crippen LogP contribution in [0.5, 0.6) is 0 Å². The number of rotatable bonds is 3. The Balaban J connectivity index is 1.73. The first-order valence-corrected chi connectivity index (χ1v) is 9.31. The Hall–Kier alpha value is -2.10. The first-order chi connectivity index (χ1) is 12.2. The van der Waals surface area contributed by atoms with Crippen molar-refractivity contribution in [1.82, 2.24) is 0 Å². The van der Waals surface area contributed by atoms with Gasteiger partial charge in [-0.3, -0.25) is 5.01 Å². The largest absolute Gasteiger partial charge is 0.257 e. The quantitative estimate of drug-likeness (QED) is 0.483. The molecule has 0 saturated carbocycles. The molecule has 4 heteroatoms. The molecule has 25 heavy (non-hydrogen) atoms. The molecule has 1 aliphatic rings. The highest BCUT2D eigenvalue weighted by Crippen LogP contribution is 2.37. The summed E-state index contributed by atoms with van der Waals surface area (Å²) in [6, 6.07) is 26.8. The van der Waals surface area contributed by atoms with Gasteiger partial charge in [-0.2, -0.15) is 5.10 Å². The summed E-state index contributed by atoms with van der Waals surface area (Å²) in [5.41, 5.74) is 4.55. The van der Waals surface area contributed by atoms with E-state index in [1.165, 1.54) is 5.56 Å². The summed E-state index contributed by atoms with van der Waals surface area (Å²) < 4.78 is 1.07. The predicted molar refractivity (Wildman–Crippen MR) is 108 cm³/mol. The average Bonchev–Trinajstić information content (AvgIpc) is 3.09. The molecule has 1 aliphatic heterocycles. The Bertz CT molecular complexity index is 889. The van der Waals surface area contributed by atoms with E-state index >= 15 is 0 Å². The molecule has 1 heterocycles. The molecule has 0 bridgehead atoms. The van der Waals surface area contributed by atoms with E-state index in [0.717, 1.165) is 32.9 Å². The van der Waals surface area contributed by atoms with Crippen molar-refractivity contribution in [3.63, 3.8) is 0 Å². The summed E-state index contributed by atoms with van der Waals surface area (Å²) in [6.07, 6.45) is 0.859. The third-order valence-electron chi connectivity index (χ3n) is 4.36. The molecular weight excluding hydrogens is 396 g/mol. The highest BCUT2D eigenvalue weighted by molar-refractivity contribution is 9.10. The monoisotopic (exact) mass is 410 g/mol. The Kier molecular flexibility index (Phi) is 4.60. The number of halogens is 2. The molecule has 0 N–H and O–H groups in total. The van der Waals surface area contributed by atoms with Crippen LogP contribution < -0.4 is 5.01 Å². The number of hydrogen-bond donors (Lipinski definition) is 0. The Labute approximate surface area is 160 Å². The van der Waals surface area contributed by atoms with Gasteiger partial charge >= 0.3 is 0 Å². The van der Waals surface area contributed by atoms with E-state index in [0.29, 0.717) is 0 Å². The van der Waals surface area contributed by atoms with Crippen LogP contribution in [0.25, 0.3) is 0 Å². The molecule has 0 amide bonds. The van der Waals surface area contributed by atoms with Gasteiger partial charge in [0, 0.05) is 15.9 Å². The fourth-order valence-electron chi connectivity index (χ4n) is 3.09. The van der Waals surface area contributed by atoms with E-state index in [-0.39, 0.29) is 6.04 Å². The summed E-state index contributed by atoms with van der Waals surface area (Å²) in [5.74, 6) is 0. The topological polar surface area (TPSA) is 15.6 Å². The molecule has 0 aliphatic carbocycles. The maximum absolute atomic E-state index is 6.06. The van der Waals surface area contributed by atoms with Crippen molar-refractivity contribution in [2.24, 2.45) is 5.10 Å². The number of para-hydroxylation sites is 1. The minimum Gasteiger partial charge on any atom is -0.257 e. The van der Waals surface area contributed by atoms with Crippen molar-refractivity contribution in [2.75, 3.05) is 5.01 Å². The lowest BCUT2D eigenvalue weighted by molar-refractivity contribution is 0.709. The highest BCUT2D eigenvalue weighted by Gasteiger charge is 2.29. The van der Waals surface area contributed by atoms with Crippen LogP contribution >= 0.6 is 27.5 Å². The van der Waals surface area contributed by atoms with E-state index in [4.69, 9.17) is 16.7 Å². The van der Waals surface area contributed by atoms with E-state index in [1.54, 1.807) is 0 Å². The summed E-state index contributed by atoms with van der Waals surface area (Å²) in [4.78, 5) is 0. The second-order valence-corrected chi connectivity index (χ2v) is 7.36. The van der Waals surface area contributed by atoms with Gasteiger partial charge in [0.1, 0.15) is 0 Å². The maximum Gasteiger partial charge on any atom is 0.0831 e. The van der Waals surface area contributed by atoms with Gasteiger partial charge in [0.05, 0.1) is 17.4 Å². The summed E-state index contributed by atoms with van der Waals surface area (Å²) in [5, 5.41) is 7.80. The van der Waals surface area contributed by atoms with Gasteiger partial charge in [0.2, 0.25) is 0 Å². The number of nitrogens with zero attached hydrogens (tertiary/aromatic N) is 2. The molecule has 0 aromatic heterocycles. The zero-order chi connectivity index (χ0) is 17.2. The molecule has 124 valence electrons. The SMILES string of the molecule is Clc1ccc([C@@H]2CC(c3ccc(Br)cc3)=NN2c2ccccc2)cc1. The first-order valence-electron chi connectivity index (χ1n) is 8.14. The third kappa shape index (κ3) is 3.48. The standard InChI is InChI=1S/C21H16BrClN2/c22-17-10-6-15(7-11-17)20-14-21(16-8-12-18(23)13-9-16)25(24-20)19-4-2-1-3-5-19/h1-13,21H,14H2/t21-/m0/s1. The van der Waals surface area contributed by atoms with E-state index in [1.807, 2.05) is 30.3 Å². The zero-order valence-electron chi connectivity index (χ0n) is 13.4. The normalized spacial score (nSPS) is 16.8. The number of benzene rings is 3. The van der Waals surface area contributed by atoms with Crippen molar-refractivity contribution < 1.29 is 0 Å². The lowest BCUT2D eigenvalue weighted by atomic mass is 9.98. The van der Waals surface area contributed by atoms with Gasteiger partial charge in [-0.05, 0) is 47.5 Å². The maximum atomic E-state index is 6.06. The first kappa shape index (κ1) is 16.4. The summed E-state index contributed by atoms with van der Waals surface area (Å²) in [7, 11) is 0. The van der Waals surface area contributed by atoms with Crippen LogP contribution in [0.1, 0.15) is 23.6 Å². The minimum atomic E-state index is 0.165. The van der Waals surface area contributed by atoms with Crippen LogP contribution in [0.4, 0.5) is 5.69 Å². The van der Waals surface area contributed by atoms with Crippen molar-refractivity contribution in [3.05, 3.63) is 99.5 Å². The van der Waals surface area contributed by atoms with E-state index < -0.39 is 0 Å². The van der Waals surface area contributed by atoms with Crippen molar-refractivity contribution in [2.45, 2.75) is 12.5 Å². The highest BCUT2D eigenvalue weighted by atomic mass is 79.9. The van der Waals surface area contributed by atoms with Crippen LogP contribution in [0.2, 0.25) is 5.02 Å².